The van der Waals surface area contributed by atoms with Crippen LogP contribution in [0.1, 0.15) is 54.9 Å². The van der Waals surface area contributed by atoms with Gasteiger partial charge in [0.05, 0.1) is 24.4 Å². The van der Waals surface area contributed by atoms with Crippen LogP contribution in [-0.2, 0) is 4.74 Å². The van der Waals surface area contributed by atoms with E-state index in [-0.39, 0.29) is 29.7 Å². The van der Waals surface area contributed by atoms with Gasteiger partial charge in [0.2, 0.25) is 0 Å². The first-order valence-corrected chi connectivity index (χ1v) is 12.0. The predicted octanol–water partition coefficient (Wildman–Crippen LogP) is 2.06. The maximum atomic E-state index is 13.1. The predicted molar refractivity (Wildman–Crippen MR) is 131 cm³/mol. The van der Waals surface area contributed by atoms with Crippen LogP contribution in [0.4, 0.5) is 17.3 Å². The summed E-state index contributed by atoms with van der Waals surface area (Å²) in [7, 11) is 3.44. The molecular formula is C24H31N7O4. The normalized spacial score (nSPS) is 24.1. The number of anilines is 3. The van der Waals surface area contributed by atoms with Crippen LogP contribution in [0.25, 0.3) is 5.65 Å². The summed E-state index contributed by atoms with van der Waals surface area (Å²) in [6.07, 6.45) is 7.74. The molecule has 0 radical (unpaired) electrons. The molecular weight excluding hydrogens is 450 g/mol. The van der Waals surface area contributed by atoms with Crippen molar-refractivity contribution in [3.8, 4) is 0 Å². The summed E-state index contributed by atoms with van der Waals surface area (Å²) in [5, 5.41) is 23.8. The van der Waals surface area contributed by atoms with Gasteiger partial charge in [0, 0.05) is 32.5 Å². The van der Waals surface area contributed by atoms with E-state index in [0.29, 0.717) is 35.0 Å². The van der Waals surface area contributed by atoms with Gasteiger partial charge in [-0.1, -0.05) is 0 Å². The highest BCUT2D eigenvalue weighted by Crippen LogP contribution is 2.29. The van der Waals surface area contributed by atoms with Gasteiger partial charge in [-0.15, -0.1) is 0 Å². The smallest absolute Gasteiger partial charge is 0.274 e. The number of aliphatic hydroxyl groups excluding tert-OH is 1. The number of nitrogens with one attached hydrogen (secondary N) is 3. The highest BCUT2D eigenvalue weighted by molar-refractivity contribution is 6.00. The molecule has 35 heavy (non-hydrogen) atoms. The molecule has 11 heteroatoms. The van der Waals surface area contributed by atoms with Gasteiger partial charge >= 0.3 is 0 Å². The van der Waals surface area contributed by atoms with Crippen molar-refractivity contribution in [1.82, 2.24) is 24.5 Å². The van der Waals surface area contributed by atoms with E-state index in [1.165, 1.54) is 6.20 Å². The first kappa shape index (κ1) is 23.3. The topological polar surface area (TPSA) is 135 Å². The van der Waals surface area contributed by atoms with E-state index < -0.39 is 6.10 Å². The molecule has 0 spiro atoms. The number of fused-ring (bicyclic) bond motifs is 1. The maximum absolute atomic E-state index is 13.1. The number of methoxy groups -OCH3 is 1. The van der Waals surface area contributed by atoms with E-state index in [0.717, 1.165) is 32.1 Å². The number of aliphatic hydroxyl groups is 1. The van der Waals surface area contributed by atoms with Crippen LogP contribution >= 0.6 is 0 Å². The molecule has 2 aliphatic rings. The lowest BCUT2D eigenvalue weighted by Crippen LogP contribution is -2.33. The van der Waals surface area contributed by atoms with Crippen LogP contribution in [-0.4, -0.2) is 62.6 Å². The van der Waals surface area contributed by atoms with Crippen molar-refractivity contribution in [3.05, 3.63) is 46.5 Å². The summed E-state index contributed by atoms with van der Waals surface area (Å²) in [5.74, 6) is 0.767. The number of hydrogen-bond acceptors (Lipinski definition) is 8. The maximum Gasteiger partial charge on any atom is 0.274 e. The van der Waals surface area contributed by atoms with Crippen molar-refractivity contribution in [1.29, 1.82) is 0 Å². The number of hydrogen-bond donors (Lipinski definition) is 4. The minimum absolute atomic E-state index is 0.0428. The fourth-order valence-electron chi connectivity index (χ4n) is 5.16. The Morgan fingerprint density at radius 1 is 1.26 bits per heavy atom. The molecule has 0 aromatic carbocycles. The summed E-state index contributed by atoms with van der Waals surface area (Å²) in [4.78, 5) is 30.8. The first-order valence-electron chi connectivity index (χ1n) is 12.0. The van der Waals surface area contributed by atoms with Gasteiger partial charge in [-0.3, -0.25) is 9.59 Å². The third-order valence-corrected chi connectivity index (χ3v) is 7.06. The average molecular weight is 482 g/mol. The highest BCUT2D eigenvalue weighted by Gasteiger charge is 2.29. The van der Waals surface area contributed by atoms with Crippen molar-refractivity contribution in [2.24, 2.45) is 0 Å². The quantitative estimate of drug-likeness (QED) is 0.403. The van der Waals surface area contributed by atoms with Crippen LogP contribution in [0.2, 0.25) is 0 Å². The molecule has 2 saturated carbocycles. The lowest BCUT2D eigenvalue weighted by atomic mass is 10.2. The first-order chi connectivity index (χ1) is 17.0. The minimum atomic E-state index is -0.528. The lowest BCUT2D eigenvalue weighted by molar-refractivity contribution is 0.0916. The van der Waals surface area contributed by atoms with E-state index >= 15 is 0 Å². The van der Waals surface area contributed by atoms with Gasteiger partial charge in [0.15, 0.2) is 5.65 Å². The molecule has 0 saturated heterocycles. The molecule has 0 aliphatic heterocycles. The number of carbonyl (C=O) groups excluding carboxylic acids is 1. The largest absolute Gasteiger partial charge is 0.391 e. The molecule has 1 unspecified atom stereocenters. The Labute approximate surface area is 202 Å². The average Bonchev–Trinajstić information content (AvgIpc) is 3.59. The zero-order valence-electron chi connectivity index (χ0n) is 19.9. The Balaban J connectivity index is 1.44. The number of rotatable bonds is 7. The standard InChI is InChI=1S/C24H31N7O4/c1-25-21-12-20(28-17-5-4-10-30(24(17)34)18-6-3-7-19(18)32)29-22-16(13-26-31(21)22)23(33)27-14-8-9-15(11-14)35-2/h4-5,10,12-15,18-19,25,32H,3,6-9,11H2,1-2H3,(H,27,33)(H,28,29)/t14?,15-,18+,19-/m0/s1. The van der Waals surface area contributed by atoms with Crippen molar-refractivity contribution in [2.45, 2.75) is 62.8 Å². The minimum Gasteiger partial charge on any atom is -0.391 e. The van der Waals surface area contributed by atoms with Crippen molar-refractivity contribution < 1.29 is 14.6 Å². The Morgan fingerprint density at radius 2 is 2.11 bits per heavy atom. The van der Waals surface area contributed by atoms with E-state index in [9.17, 15) is 14.7 Å². The molecule has 3 aromatic heterocycles. The fourth-order valence-corrected chi connectivity index (χ4v) is 5.16. The number of ether oxygens (including phenoxy) is 1. The molecule has 4 atom stereocenters. The molecule has 11 nitrogen and oxygen atoms in total. The fraction of sp³-hybridized carbons (Fsp3) is 0.500. The lowest BCUT2D eigenvalue weighted by Gasteiger charge is -2.19. The number of aromatic nitrogens is 4. The summed E-state index contributed by atoms with van der Waals surface area (Å²) in [6.45, 7) is 0. The van der Waals surface area contributed by atoms with Crippen LogP contribution in [0, 0.1) is 0 Å². The second-order valence-corrected chi connectivity index (χ2v) is 9.24. The molecule has 4 N–H and O–H groups in total. The monoisotopic (exact) mass is 481 g/mol. The zero-order chi connectivity index (χ0) is 24.5. The van der Waals surface area contributed by atoms with Crippen LogP contribution in [0.3, 0.4) is 0 Å². The van der Waals surface area contributed by atoms with Gasteiger partial charge in [-0.25, -0.2) is 4.98 Å². The number of pyridine rings is 1. The Kier molecular flexibility index (Phi) is 6.44. The summed E-state index contributed by atoms with van der Waals surface area (Å²) >= 11 is 0. The van der Waals surface area contributed by atoms with Gasteiger partial charge in [0.25, 0.3) is 11.5 Å². The Morgan fingerprint density at radius 3 is 2.83 bits per heavy atom. The zero-order valence-corrected chi connectivity index (χ0v) is 19.9. The molecule has 0 bridgehead atoms. The third kappa shape index (κ3) is 4.48. The second kappa shape index (κ2) is 9.67. The van der Waals surface area contributed by atoms with E-state index in [4.69, 9.17) is 4.74 Å². The van der Waals surface area contributed by atoms with Gasteiger partial charge in [-0.2, -0.15) is 9.61 Å². The molecule has 2 fully saturated rings. The van der Waals surface area contributed by atoms with Crippen molar-refractivity contribution in [2.75, 3.05) is 24.8 Å². The molecule has 3 heterocycles. The van der Waals surface area contributed by atoms with E-state index in [1.807, 2.05) is 0 Å². The number of carbonyl (C=O) groups is 1. The molecule has 5 rings (SSSR count). The molecule has 2 aliphatic carbocycles. The summed E-state index contributed by atoms with van der Waals surface area (Å²) in [6, 6.07) is 5.00. The van der Waals surface area contributed by atoms with E-state index in [1.54, 1.807) is 47.6 Å². The summed E-state index contributed by atoms with van der Waals surface area (Å²) < 4.78 is 8.55. The van der Waals surface area contributed by atoms with E-state index in [2.05, 4.69) is 26.0 Å². The second-order valence-electron chi connectivity index (χ2n) is 9.24. The highest BCUT2D eigenvalue weighted by atomic mass is 16.5. The number of nitrogens with zero attached hydrogens (tertiary/aromatic N) is 4. The van der Waals surface area contributed by atoms with Gasteiger partial charge in [-0.05, 0) is 50.7 Å². The van der Waals surface area contributed by atoms with Crippen LogP contribution in [0.15, 0.2) is 35.4 Å². The third-order valence-electron chi connectivity index (χ3n) is 7.06. The summed E-state index contributed by atoms with van der Waals surface area (Å²) in [5.41, 5.74) is 0.838. The van der Waals surface area contributed by atoms with Crippen LogP contribution in [0.5, 0.6) is 0 Å². The Bertz CT molecular complexity index is 1290. The SMILES string of the molecule is CNc1cc(Nc2cccn([C@@H]3CCC[C@@H]3O)c2=O)nc2c(C(=O)NC3CC[C@H](OC)C3)cnn12. The van der Waals surface area contributed by atoms with Crippen LogP contribution < -0.4 is 21.5 Å². The van der Waals surface area contributed by atoms with Gasteiger partial charge < -0.3 is 30.4 Å². The number of amides is 1. The molecule has 186 valence electrons. The van der Waals surface area contributed by atoms with Crippen molar-refractivity contribution in [3.63, 3.8) is 0 Å². The van der Waals surface area contributed by atoms with Gasteiger partial charge in [0.1, 0.15) is 22.9 Å². The molecule has 1 amide bonds. The molecule has 3 aromatic rings. The van der Waals surface area contributed by atoms with Crippen molar-refractivity contribution >= 4 is 28.9 Å². The Hall–Kier alpha value is -3.44.